The summed E-state index contributed by atoms with van der Waals surface area (Å²) >= 11 is 5.94. The van der Waals surface area contributed by atoms with Crippen molar-refractivity contribution in [3.05, 3.63) is 75.3 Å². The maximum absolute atomic E-state index is 12.9. The summed E-state index contributed by atoms with van der Waals surface area (Å²) < 4.78 is 1.76. The summed E-state index contributed by atoms with van der Waals surface area (Å²) in [5, 5.41) is 1.35. The van der Waals surface area contributed by atoms with Gasteiger partial charge in [0, 0.05) is 11.6 Å². The molecule has 0 spiro atoms. The van der Waals surface area contributed by atoms with Crippen LogP contribution in [0.4, 0.5) is 0 Å². The van der Waals surface area contributed by atoms with Gasteiger partial charge < -0.3 is 4.90 Å². The second-order valence-corrected chi connectivity index (χ2v) is 6.92. The van der Waals surface area contributed by atoms with Crippen LogP contribution in [-0.2, 0) is 6.54 Å². The molecule has 1 aromatic heterocycles. The molecule has 0 fully saturated rings. The molecule has 0 amide bonds. The molecule has 0 saturated carbocycles. The van der Waals surface area contributed by atoms with Crippen LogP contribution in [0.25, 0.3) is 23.1 Å². The molecule has 0 unspecified atom stereocenters. The Morgan fingerprint density at radius 1 is 1.08 bits per heavy atom. The maximum Gasteiger partial charge on any atom is 0.261 e. The fraction of sp³-hybridized carbons (Fsp3) is 0.238. The zero-order valence-corrected chi connectivity index (χ0v) is 15.8. The summed E-state index contributed by atoms with van der Waals surface area (Å²) in [7, 11) is 4.06. The molecule has 0 radical (unpaired) electrons. The minimum atomic E-state index is 0.00473. The third kappa shape index (κ3) is 4.40. The topological polar surface area (TPSA) is 38.1 Å². The Morgan fingerprint density at radius 2 is 1.81 bits per heavy atom. The van der Waals surface area contributed by atoms with Gasteiger partial charge in [-0.05, 0) is 63.0 Å². The van der Waals surface area contributed by atoms with Crippen LogP contribution >= 0.6 is 11.6 Å². The van der Waals surface area contributed by atoms with Gasteiger partial charge in [0.15, 0.2) is 0 Å². The van der Waals surface area contributed by atoms with E-state index in [1.54, 1.807) is 4.57 Å². The van der Waals surface area contributed by atoms with Crippen LogP contribution in [0, 0.1) is 0 Å². The first-order valence-electron chi connectivity index (χ1n) is 8.62. The average Bonchev–Trinajstić information content (AvgIpc) is 2.63. The van der Waals surface area contributed by atoms with Gasteiger partial charge in [-0.1, -0.05) is 41.9 Å². The molecule has 134 valence electrons. The Labute approximate surface area is 158 Å². The predicted octanol–water partition coefficient (Wildman–Crippen LogP) is 4.17. The number of hydrogen-bond donors (Lipinski definition) is 0. The number of para-hydroxylation sites is 1. The molecule has 3 aromatic rings. The van der Waals surface area contributed by atoms with Gasteiger partial charge in [0.05, 0.1) is 10.9 Å². The number of fused-ring (bicyclic) bond motifs is 1. The monoisotopic (exact) mass is 367 g/mol. The van der Waals surface area contributed by atoms with Gasteiger partial charge in [-0.15, -0.1) is 0 Å². The summed E-state index contributed by atoms with van der Waals surface area (Å²) in [6, 6.07) is 15.1. The highest BCUT2D eigenvalue weighted by atomic mass is 35.5. The third-order valence-corrected chi connectivity index (χ3v) is 4.43. The summed E-state index contributed by atoms with van der Waals surface area (Å²) in [5.74, 6) is 0.669. The highest BCUT2D eigenvalue weighted by Crippen LogP contribution is 2.14. The molecule has 3 rings (SSSR count). The second kappa shape index (κ2) is 8.30. The van der Waals surface area contributed by atoms with Gasteiger partial charge in [-0.2, -0.15) is 0 Å². The van der Waals surface area contributed by atoms with E-state index in [1.807, 2.05) is 74.8 Å². The SMILES string of the molecule is CN(C)CCCn1c(/C=C/c2ccc(Cl)cc2)nc2ccccc2c1=O. The normalized spacial score (nSPS) is 11.7. The van der Waals surface area contributed by atoms with Gasteiger partial charge in [0.1, 0.15) is 5.82 Å². The number of benzene rings is 2. The van der Waals surface area contributed by atoms with Crippen molar-refractivity contribution in [3.8, 4) is 0 Å². The third-order valence-electron chi connectivity index (χ3n) is 4.17. The maximum atomic E-state index is 12.9. The molecule has 26 heavy (non-hydrogen) atoms. The lowest BCUT2D eigenvalue weighted by molar-refractivity contribution is 0.384. The lowest BCUT2D eigenvalue weighted by Crippen LogP contribution is -2.26. The fourth-order valence-electron chi connectivity index (χ4n) is 2.82. The first-order chi connectivity index (χ1) is 12.5. The standard InChI is InChI=1S/C21H22ClN3O/c1-24(2)14-5-15-25-20(13-10-16-8-11-17(22)12-9-16)23-19-7-4-3-6-18(19)21(25)26/h3-4,6-13H,5,14-15H2,1-2H3/b13-10+. The number of halogens is 1. The summed E-state index contributed by atoms with van der Waals surface area (Å²) in [6.07, 6.45) is 4.73. The molecule has 0 aliphatic heterocycles. The smallest absolute Gasteiger partial charge is 0.261 e. The van der Waals surface area contributed by atoms with Crippen LogP contribution in [0.15, 0.2) is 53.3 Å². The molecule has 5 heteroatoms. The number of hydrogen-bond acceptors (Lipinski definition) is 3. The Hall–Kier alpha value is -2.43. The Balaban J connectivity index is 2.00. The van der Waals surface area contributed by atoms with Crippen molar-refractivity contribution in [1.82, 2.24) is 14.5 Å². The minimum absolute atomic E-state index is 0.00473. The highest BCUT2D eigenvalue weighted by Gasteiger charge is 2.09. The van der Waals surface area contributed by atoms with Crippen LogP contribution in [0.2, 0.25) is 5.02 Å². The van der Waals surface area contributed by atoms with E-state index in [1.165, 1.54) is 0 Å². The van der Waals surface area contributed by atoms with Crippen LogP contribution in [0.3, 0.4) is 0 Å². The highest BCUT2D eigenvalue weighted by molar-refractivity contribution is 6.30. The van der Waals surface area contributed by atoms with Crippen LogP contribution < -0.4 is 5.56 Å². The molecule has 0 aliphatic carbocycles. The van der Waals surface area contributed by atoms with Gasteiger partial charge in [-0.3, -0.25) is 9.36 Å². The first-order valence-corrected chi connectivity index (χ1v) is 9.00. The van der Waals surface area contributed by atoms with Crippen LogP contribution in [0.1, 0.15) is 17.8 Å². The lowest BCUT2D eigenvalue weighted by atomic mass is 10.2. The first kappa shape index (κ1) is 18.4. The molecule has 4 nitrogen and oxygen atoms in total. The summed E-state index contributed by atoms with van der Waals surface area (Å²) in [5.41, 5.74) is 1.74. The van der Waals surface area contributed by atoms with Gasteiger partial charge >= 0.3 is 0 Å². The van der Waals surface area contributed by atoms with E-state index in [-0.39, 0.29) is 5.56 Å². The molecular formula is C21H22ClN3O. The molecule has 1 heterocycles. The Bertz CT molecular complexity index is 975. The van der Waals surface area contributed by atoms with E-state index >= 15 is 0 Å². The molecule has 0 saturated heterocycles. The second-order valence-electron chi connectivity index (χ2n) is 6.49. The lowest BCUT2D eigenvalue weighted by Gasteiger charge is -2.13. The average molecular weight is 368 g/mol. The van der Waals surface area contributed by atoms with Gasteiger partial charge in [0.2, 0.25) is 0 Å². The van der Waals surface area contributed by atoms with E-state index in [2.05, 4.69) is 4.90 Å². The van der Waals surface area contributed by atoms with Crippen molar-refractivity contribution < 1.29 is 0 Å². The van der Waals surface area contributed by atoms with Crippen LogP contribution in [-0.4, -0.2) is 35.1 Å². The zero-order valence-electron chi connectivity index (χ0n) is 15.0. The van der Waals surface area contributed by atoms with Crippen molar-refractivity contribution in [2.75, 3.05) is 20.6 Å². The van der Waals surface area contributed by atoms with Crippen molar-refractivity contribution in [1.29, 1.82) is 0 Å². The Kier molecular flexibility index (Phi) is 5.86. The quantitative estimate of drug-likeness (QED) is 0.656. The number of rotatable bonds is 6. The van der Waals surface area contributed by atoms with Crippen molar-refractivity contribution >= 4 is 34.7 Å². The van der Waals surface area contributed by atoms with Crippen LogP contribution in [0.5, 0.6) is 0 Å². The van der Waals surface area contributed by atoms with Crippen molar-refractivity contribution in [2.24, 2.45) is 0 Å². The largest absolute Gasteiger partial charge is 0.309 e. The predicted molar refractivity (Wildman–Crippen MR) is 110 cm³/mol. The fourth-order valence-corrected chi connectivity index (χ4v) is 2.94. The zero-order chi connectivity index (χ0) is 18.5. The van der Waals surface area contributed by atoms with E-state index < -0.39 is 0 Å². The van der Waals surface area contributed by atoms with E-state index in [9.17, 15) is 4.79 Å². The van der Waals surface area contributed by atoms with E-state index in [4.69, 9.17) is 16.6 Å². The summed E-state index contributed by atoms with van der Waals surface area (Å²) in [6.45, 7) is 1.55. The molecule has 0 aliphatic rings. The molecular weight excluding hydrogens is 346 g/mol. The van der Waals surface area contributed by atoms with Gasteiger partial charge in [0.25, 0.3) is 5.56 Å². The molecule has 0 atom stereocenters. The van der Waals surface area contributed by atoms with Crippen molar-refractivity contribution in [2.45, 2.75) is 13.0 Å². The van der Waals surface area contributed by atoms with E-state index in [0.29, 0.717) is 22.8 Å². The molecule has 0 N–H and O–H groups in total. The van der Waals surface area contributed by atoms with Crippen molar-refractivity contribution in [3.63, 3.8) is 0 Å². The number of nitrogens with zero attached hydrogens (tertiary/aromatic N) is 3. The number of aromatic nitrogens is 2. The minimum Gasteiger partial charge on any atom is -0.309 e. The molecule has 2 aromatic carbocycles. The summed E-state index contributed by atoms with van der Waals surface area (Å²) in [4.78, 5) is 19.8. The van der Waals surface area contributed by atoms with Gasteiger partial charge in [-0.25, -0.2) is 4.98 Å². The molecule has 0 bridgehead atoms. The van der Waals surface area contributed by atoms with E-state index in [0.717, 1.165) is 24.0 Å². The Morgan fingerprint density at radius 3 is 2.54 bits per heavy atom.